The van der Waals surface area contributed by atoms with Crippen molar-refractivity contribution in [1.29, 1.82) is 0 Å². The van der Waals surface area contributed by atoms with Crippen molar-refractivity contribution < 1.29 is 4.74 Å². The van der Waals surface area contributed by atoms with Crippen LogP contribution >= 0.6 is 11.8 Å². The van der Waals surface area contributed by atoms with Gasteiger partial charge in [-0.3, -0.25) is 0 Å². The van der Waals surface area contributed by atoms with Crippen molar-refractivity contribution in [1.82, 2.24) is 14.8 Å². The second kappa shape index (κ2) is 6.87. The van der Waals surface area contributed by atoms with E-state index in [1.54, 1.807) is 18.9 Å². The molecule has 0 unspecified atom stereocenters. The molecule has 2 aromatic carbocycles. The summed E-state index contributed by atoms with van der Waals surface area (Å²) in [5, 5.41) is 9.54. The van der Waals surface area contributed by atoms with Gasteiger partial charge in [0.25, 0.3) is 0 Å². The molecule has 3 rings (SSSR count). The first kappa shape index (κ1) is 15.6. The third-order valence-electron chi connectivity index (χ3n) is 3.66. The van der Waals surface area contributed by atoms with Crippen LogP contribution in [0.2, 0.25) is 0 Å². The van der Waals surface area contributed by atoms with Crippen LogP contribution in [-0.4, -0.2) is 21.9 Å². The van der Waals surface area contributed by atoms with Crippen molar-refractivity contribution in [3.63, 3.8) is 0 Å². The van der Waals surface area contributed by atoms with Gasteiger partial charge in [-0.15, -0.1) is 10.2 Å². The number of methoxy groups -OCH3 is 1. The standard InChI is InChI=1S/C18H19N3OS/c1-13-9-10-16(22-3)15(11-13)12-23-18-20-19-17(21(18)2)14-7-5-4-6-8-14/h4-11H,12H2,1-3H3. The first-order valence-electron chi connectivity index (χ1n) is 7.40. The molecule has 3 aromatic rings. The summed E-state index contributed by atoms with van der Waals surface area (Å²) in [6, 6.07) is 16.3. The Kier molecular flexibility index (Phi) is 4.67. The van der Waals surface area contributed by atoms with Crippen molar-refractivity contribution in [2.45, 2.75) is 17.8 Å². The molecule has 0 atom stereocenters. The van der Waals surface area contributed by atoms with Crippen molar-refractivity contribution in [2.75, 3.05) is 7.11 Å². The number of ether oxygens (including phenoxy) is 1. The Morgan fingerprint density at radius 3 is 2.61 bits per heavy atom. The van der Waals surface area contributed by atoms with Gasteiger partial charge in [0.05, 0.1) is 7.11 Å². The predicted octanol–water partition coefficient (Wildman–Crippen LogP) is 4.09. The lowest BCUT2D eigenvalue weighted by molar-refractivity contribution is 0.411. The van der Waals surface area contributed by atoms with E-state index in [-0.39, 0.29) is 0 Å². The molecule has 0 radical (unpaired) electrons. The van der Waals surface area contributed by atoms with Crippen LogP contribution in [0.4, 0.5) is 0 Å². The summed E-state index contributed by atoms with van der Waals surface area (Å²) in [6.45, 7) is 2.09. The van der Waals surface area contributed by atoms with E-state index < -0.39 is 0 Å². The topological polar surface area (TPSA) is 39.9 Å². The minimum absolute atomic E-state index is 0.797. The maximum absolute atomic E-state index is 5.44. The van der Waals surface area contributed by atoms with Crippen LogP contribution in [0.3, 0.4) is 0 Å². The lowest BCUT2D eigenvalue weighted by Gasteiger charge is -2.09. The Morgan fingerprint density at radius 1 is 1.09 bits per heavy atom. The van der Waals surface area contributed by atoms with Crippen LogP contribution < -0.4 is 4.74 Å². The normalized spacial score (nSPS) is 10.7. The highest BCUT2D eigenvalue weighted by atomic mass is 32.2. The summed E-state index contributed by atoms with van der Waals surface area (Å²) in [5.74, 6) is 2.59. The first-order valence-corrected chi connectivity index (χ1v) is 8.38. The van der Waals surface area contributed by atoms with Gasteiger partial charge < -0.3 is 9.30 Å². The van der Waals surface area contributed by atoms with E-state index in [1.807, 2.05) is 48.0 Å². The zero-order valence-electron chi connectivity index (χ0n) is 13.5. The van der Waals surface area contributed by atoms with Gasteiger partial charge in [-0.2, -0.15) is 0 Å². The number of rotatable bonds is 5. The average Bonchev–Trinajstić information content (AvgIpc) is 2.94. The molecule has 1 heterocycles. The summed E-state index contributed by atoms with van der Waals surface area (Å²) in [7, 11) is 3.70. The minimum Gasteiger partial charge on any atom is -0.496 e. The maximum Gasteiger partial charge on any atom is 0.191 e. The smallest absolute Gasteiger partial charge is 0.191 e. The van der Waals surface area contributed by atoms with Gasteiger partial charge in [-0.25, -0.2) is 0 Å². The number of aryl methyl sites for hydroxylation is 1. The summed E-state index contributed by atoms with van der Waals surface area (Å²) in [4.78, 5) is 0. The molecule has 0 saturated heterocycles. The highest BCUT2D eigenvalue weighted by Crippen LogP contribution is 2.29. The number of benzene rings is 2. The van der Waals surface area contributed by atoms with Crippen molar-refractivity contribution >= 4 is 11.8 Å². The third-order valence-corrected chi connectivity index (χ3v) is 4.73. The fraction of sp³-hybridized carbons (Fsp3) is 0.222. The third kappa shape index (κ3) is 3.40. The molecule has 0 aliphatic heterocycles. The van der Waals surface area contributed by atoms with E-state index in [0.29, 0.717) is 0 Å². The van der Waals surface area contributed by atoms with Crippen LogP contribution in [-0.2, 0) is 12.8 Å². The second-order valence-electron chi connectivity index (χ2n) is 5.34. The highest BCUT2D eigenvalue weighted by Gasteiger charge is 2.12. The Hall–Kier alpha value is -2.27. The number of nitrogens with zero attached hydrogens (tertiary/aromatic N) is 3. The van der Waals surface area contributed by atoms with E-state index in [0.717, 1.165) is 28.0 Å². The Balaban J connectivity index is 1.80. The quantitative estimate of drug-likeness (QED) is 0.662. The Morgan fingerprint density at radius 2 is 1.87 bits per heavy atom. The van der Waals surface area contributed by atoms with E-state index >= 15 is 0 Å². The summed E-state index contributed by atoms with van der Waals surface area (Å²) < 4.78 is 7.47. The van der Waals surface area contributed by atoms with Crippen LogP contribution in [0.15, 0.2) is 53.7 Å². The number of hydrogen-bond acceptors (Lipinski definition) is 4. The van der Waals surface area contributed by atoms with Crippen LogP contribution in [0, 0.1) is 6.92 Å². The lowest BCUT2D eigenvalue weighted by atomic mass is 10.1. The van der Waals surface area contributed by atoms with Gasteiger partial charge in [-0.1, -0.05) is 59.8 Å². The number of thioether (sulfide) groups is 1. The molecule has 0 aliphatic carbocycles. The molecule has 5 heteroatoms. The summed E-state index contributed by atoms with van der Waals surface area (Å²) in [6.07, 6.45) is 0. The van der Waals surface area contributed by atoms with Gasteiger partial charge in [0.1, 0.15) is 5.75 Å². The molecule has 0 N–H and O–H groups in total. The van der Waals surface area contributed by atoms with Gasteiger partial charge >= 0.3 is 0 Å². The zero-order chi connectivity index (χ0) is 16.2. The highest BCUT2D eigenvalue weighted by molar-refractivity contribution is 7.98. The fourth-order valence-corrected chi connectivity index (χ4v) is 3.33. The second-order valence-corrected chi connectivity index (χ2v) is 6.28. The van der Waals surface area contributed by atoms with E-state index in [1.165, 1.54) is 11.1 Å². The average molecular weight is 325 g/mol. The zero-order valence-corrected chi connectivity index (χ0v) is 14.3. The molecular formula is C18H19N3OS. The van der Waals surface area contributed by atoms with Gasteiger partial charge in [0.15, 0.2) is 11.0 Å². The molecule has 118 valence electrons. The Labute approximate surface area is 140 Å². The van der Waals surface area contributed by atoms with Crippen LogP contribution in [0.25, 0.3) is 11.4 Å². The molecule has 1 aromatic heterocycles. The molecule has 0 amide bonds. The lowest BCUT2D eigenvalue weighted by Crippen LogP contribution is -1.96. The molecule has 0 fully saturated rings. The molecular weight excluding hydrogens is 306 g/mol. The van der Waals surface area contributed by atoms with E-state index in [2.05, 4.69) is 29.3 Å². The van der Waals surface area contributed by atoms with Gasteiger partial charge in [-0.05, 0) is 13.0 Å². The molecule has 0 saturated carbocycles. The maximum atomic E-state index is 5.44. The fourth-order valence-electron chi connectivity index (χ4n) is 2.44. The number of hydrogen-bond donors (Lipinski definition) is 0. The first-order chi connectivity index (χ1) is 11.2. The van der Waals surface area contributed by atoms with E-state index in [4.69, 9.17) is 4.74 Å². The SMILES string of the molecule is COc1ccc(C)cc1CSc1nnc(-c2ccccc2)n1C. The molecule has 0 spiro atoms. The van der Waals surface area contributed by atoms with Crippen molar-refractivity contribution in [2.24, 2.45) is 7.05 Å². The number of aromatic nitrogens is 3. The predicted molar refractivity (Wildman–Crippen MR) is 93.7 cm³/mol. The minimum atomic E-state index is 0.797. The molecule has 4 nitrogen and oxygen atoms in total. The molecule has 0 aliphatic rings. The van der Waals surface area contributed by atoms with Gasteiger partial charge in [0.2, 0.25) is 0 Å². The summed E-state index contributed by atoms with van der Waals surface area (Å²) in [5.41, 5.74) is 3.47. The van der Waals surface area contributed by atoms with Crippen LogP contribution in [0.1, 0.15) is 11.1 Å². The molecule has 23 heavy (non-hydrogen) atoms. The van der Waals surface area contributed by atoms with Crippen molar-refractivity contribution in [3.05, 3.63) is 59.7 Å². The monoisotopic (exact) mass is 325 g/mol. The van der Waals surface area contributed by atoms with Crippen molar-refractivity contribution in [3.8, 4) is 17.1 Å². The Bertz CT molecular complexity index is 799. The molecule has 0 bridgehead atoms. The van der Waals surface area contributed by atoms with E-state index in [9.17, 15) is 0 Å². The van der Waals surface area contributed by atoms with Crippen LogP contribution in [0.5, 0.6) is 5.75 Å². The van der Waals surface area contributed by atoms with Gasteiger partial charge in [0, 0.05) is 23.9 Å². The summed E-state index contributed by atoms with van der Waals surface area (Å²) >= 11 is 1.66. The largest absolute Gasteiger partial charge is 0.496 e.